The molecule has 2 nitrogen and oxygen atoms in total. The van der Waals surface area contributed by atoms with E-state index in [1.807, 2.05) is 72.8 Å². The van der Waals surface area contributed by atoms with Crippen LogP contribution in [0.2, 0.25) is 0 Å². The summed E-state index contributed by atoms with van der Waals surface area (Å²) in [6, 6.07) is 23.9. The van der Waals surface area contributed by atoms with Gasteiger partial charge < -0.3 is 10.2 Å². The number of aliphatic hydroxyl groups excluding tert-OH is 2. The molecule has 0 saturated carbocycles. The second-order valence-corrected chi connectivity index (χ2v) is 6.38. The molecule has 1 aliphatic rings. The zero-order chi connectivity index (χ0) is 16.3. The van der Waals surface area contributed by atoms with Crippen LogP contribution in [0.3, 0.4) is 0 Å². The second-order valence-electron chi connectivity index (χ2n) is 6.38. The molecule has 0 aliphatic heterocycles. The molecule has 5 rings (SSSR count). The molecule has 0 spiro atoms. The number of benzene rings is 4. The molecule has 1 aliphatic carbocycles. The predicted octanol–water partition coefficient (Wildman–Crippen LogP) is 4.47. The summed E-state index contributed by atoms with van der Waals surface area (Å²) in [6.45, 7) is 0. The molecule has 0 unspecified atom stereocenters. The van der Waals surface area contributed by atoms with E-state index in [4.69, 9.17) is 0 Å². The van der Waals surface area contributed by atoms with Crippen molar-refractivity contribution in [1.82, 2.24) is 0 Å². The molecule has 0 fully saturated rings. The molecule has 0 amide bonds. The minimum Gasteiger partial charge on any atom is -0.384 e. The van der Waals surface area contributed by atoms with Gasteiger partial charge in [0.05, 0.1) is 0 Å². The third-order valence-corrected chi connectivity index (χ3v) is 5.14. The Labute approximate surface area is 139 Å². The van der Waals surface area contributed by atoms with Crippen LogP contribution < -0.4 is 0 Å². The van der Waals surface area contributed by atoms with Crippen LogP contribution in [0.5, 0.6) is 0 Å². The fraction of sp³-hybridized carbons (Fsp3) is 0.0909. The van der Waals surface area contributed by atoms with Gasteiger partial charge in [0.1, 0.15) is 12.2 Å². The monoisotopic (exact) mass is 312 g/mol. The van der Waals surface area contributed by atoms with Crippen molar-refractivity contribution in [3.8, 4) is 0 Å². The van der Waals surface area contributed by atoms with Crippen molar-refractivity contribution in [3.63, 3.8) is 0 Å². The van der Waals surface area contributed by atoms with Crippen LogP contribution in [0.25, 0.3) is 21.5 Å². The lowest BCUT2D eigenvalue weighted by Gasteiger charge is -2.31. The molecule has 4 aromatic rings. The summed E-state index contributed by atoms with van der Waals surface area (Å²) < 4.78 is 0. The predicted molar refractivity (Wildman–Crippen MR) is 96.0 cm³/mol. The molecule has 0 heterocycles. The van der Waals surface area contributed by atoms with E-state index in [1.54, 1.807) is 0 Å². The van der Waals surface area contributed by atoms with E-state index in [1.165, 1.54) is 0 Å². The van der Waals surface area contributed by atoms with Gasteiger partial charge in [-0.25, -0.2) is 0 Å². The Morgan fingerprint density at radius 1 is 0.500 bits per heavy atom. The number of aliphatic hydroxyl groups is 2. The van der Waals surface area contributed by atoms with Crippen LogP contribution in [0.4, 0.5) is 0 Å². The summed E-state index contributed by atoms with van der Waals surface area (Å²) in [5.74, 6) is 0. The van der Waals surface area contributed by atoms with Gasteiger partial charge >= 0.3 is 0 Å². The largest absolute Gasteiger partial charge is 0.384 e. The molecular formula is C22H16O2. The molecule has 4 aromatic carbocycles. The summed E-state index contributed by atoms with van der Waals surface area (Å²) in [7, 11) is 0. The molecule has 116 valence electrons. The summed E-state index contributed by atoms with van der Waals surface area (Å²) >= 11 is 0. The SMILES string of the molecule is OC1c2ccc3ccccc3c2C(O)c2c1ccc1ccccc21. The maximum atomic E-state index is 11.2. The smallest absolute Gasteiger partial charge is 0.106 e. The first-order valence-corrected chi connectivity index (χ1v) is 8.15. The average Bonchev–Trinajstić information content (AvgIpc) is 2.64. The van der Waals surface area contributed by atoms with E-state index < -0.39 is 12.2 Å². The van der Waals surface area contributed by atoms with Crippen LogP contribution in [0, 0.1) is 0 Å². The zero-order valence-electron chi connectivity index (χ0n) is 13.0. The standard InChI is InChI=1S/C22H16O2/c23-21-17-11-9-13-5-1-3-7-15(13)19(17)22(24)20-16-8-4-2-6-14(16)10-12-18(20)21/h1-12,21-24H. The van der Waals surface area contributed by atoms with E-state index in [-0.39, 0.29) is 0 Å². The molecule has 2 N–H and O–H groups in total. The summed E-state index contributed by atoms with van der Waals surface area (Å²) in [4.78, 5) is 0. The minimum atomic E-state index is -0.740. The Morgan fingerprint density at radius 2 is 0.958 bits per heavy atom. The normalized spacial score (nSPS) is 19.2. The van der Waals surface area contributed by atoms with Crippen molar-refractivity contribution < 1.29 is 10.2 Å². The molecule has 0 aromatic heterocycles. The third-order valence-electron chi connectivity index (χ3n) is 5.14. The van der Waals surface area contributed by atoms with Crippen LogP contribution >= 0.6 is 0 Å². The quantitative estimate of drug-likeness (QED) is 0.503. The van der Waals surface area contributed by atoms with Gasteiger partial charge in [-0.05, 0) is 43.8 Å². The minimum absolute atomic E-state index is 0.715. The molecule has 0 bridgehead atoms. The number of hydrogen-bond acceptors (Lipinski definition) is 2. The van der Waals surface area contributed by atoms with Crippen molar-refractivity contribution in [2.45, 2.75) is 12.2 Å². The van der Waals surface area contributed by atoms with Gasteiger partial charge in [-0.15, -0.1) is 0 Å². The van der Waals surface area contributed by atoms with Crippen molar-refractivity contribution >= 4 is 21.5 Å². The summed E-state index contributed by atoms with van der Waals surface area (Å²) in [5.41, 5.74) is 3.24. The van der Waals surface area contributed by atoms with Crippen molar-refractivity contribution in [2.75, 3.05) is 0 Å². The highest BCUT2D eigenvalue weighted by molar-refractivity contribution is 5.92. The molecule has 0 atom stereocenters. The fourth-order valence-corrected chi connectivity index (χ4v) is 4.02. The lowest BCUT2D eigenvalue weighted by Crippen LogP contribution is -2.18. The van der Waals surface area contributed by atoms with Gasteiger partial charge in [0.15, 0.2) is 0 Å². The van der Waals surface area contributed by atoms with Crippen LogP contribution in [0.1, 0.15) is 34.5 Å². The molecular weight excluding hydrogens is 296 g/mol. The van der Waals surface area contributed by atoms with Crippen molar-refractivity contribution in [3.05, 3.63) is 95.1 Å². The summed E-state index contributed by atoms with van der Waals surface area (Å²) in [5, 5.41) is 26.3. The van der Waals surface area contributed by atoms with E-state index >= 15 is 0 Å². The molecule has 24 heavy (non-hydrogen) atoms. The first kappa shape index (κ1) is 13.7. The molecule has 0 saturated heterocycles. The van der Waals surface area contributed by atoms with E-state index in [2.05, 4.69) is 0 Å². The maximum absolute atomic E-state index is 11.2. The summed E-state index contributed by atoms with van der Waals surface area (Å²) in [6.07, 6.45) is -1.46. The number of fused-ring (bicyclic) bond motifs is 6. The van der Waals surface area contributed by atoms with E-state index in [0.717, 1.165) is 43.8 Å². The first-order valence-electron chi connectivity index (χ1n) is 8.15. The van der Waals surface area contributed by atoms with Crippen LogP contribution in [-0.2, 0) is 0 Å². The van der Waals surface area contributed by atoms with Crippen LogP contribution in [-0.4, -0.2) is 10.2 Å². The van der Waals surface area contributed by atoms with Gasteiger partial charge in [0.2, 0.25) is 0 Å². The Morgan fingerprint density at radius 3 is 1.46 bits per heavy atom. The van der Waals surface area contributed by atoms with Gasteiger partial charge in [-0.1, -0.05) is 72.8 Å². The van der Waals surface area contributed by atoms with E-state index in [9.17, 15) is 10.2 Å². The number of hydrogen-bond donors (Lipinski definition) is 2. The fourth-order valence-electron chi connectivity index (χ4n) is 4.02. The highest BCUT2D eigenvalue weighted by Crippen LogP contribution is 2.46. The van der Waals surface area contributed by atoms with Gasteiger partial charge in [0.25, 0.3) is 0 Å². The maximum Gasteiger partial charge on any atom is 0.106 e. The molecule has 0 radical (unpaired) electrons. The second kappa shape index (κ2) is 4.91. The third kappa shape index (κ3) is 1.72. The lowest BCUT2D eigenvalue weighted by atomic mass is 9.78. The highest BCUT2D eigenvalue weighted by atomic mass is 16.3. The Kier molecular flexibility index (Phi) is 2.81. The van der Waals surface area contributed by atoms with E-state index in [0.29, 0.717) is 0 Å². The van der Waals surface area contributed by atoms with Gasteiger partial charge in [-0.2, -0.15) is 0 Å². The Bertz CT molecular complexity index is 1010. The zero-order valence-corrected chi connectivity index (χ0v) is 13.0. The van der Waals surface area contributed by atoms with Crippen LogP contribution in [0.15, 0.2) is 72.8 Å². The Balaban J connectivity index is 1.90. The molecule has 2 heteroatoms. The van der Waals surface area contributed by atoms with Gasteiger partial charge in [0, 0.05) is 0 Å². The van der Waals surface area contributed by atoms with Crippen molar-refractivity contribution in [1.29, 1.82) is 0 Å². The Hall–Kier alpha value is -2.68. The highest BCUT2D eigenvalue weighted by Gasteiger charge is 2.32. The average molecular weight is 312 g/mol. The first-order chi connectivity index (χ1) is 11.8. The van der Waals surface area contributed by atoms with Gasteiger partial charge in [-0.3, -0.25) is 0 Å². The number of rotatable bonds is 0. The lowest BCUT2D eigenvalue weighted by molar-refractivity contribution is 0.176. The van der Waals surface area contributed by atoms with Crippen molar-refractivity contribution in [2.24, 2.45) is 0 Å². The topological polar surface area (TPSA) is 40.5 Å².